The van der Waals surface area contributed by atoms with Crippen LogP contribution < -0.4 is 0 Å². The molecule has 96 valence electrons. The Morgan fingerprint density at radius 1 is 1.05 bits per heavy atom. The van der Waals surface area contributed by atoms with Crippen molar-refractivity contribution in [2.24, 2.45) is 0 Å². The van der Waals surface area contributed by atoms with Gasteiger partial charge in [0.05, 0.1) is 0 Å². The lowest BCUT2D eigenvalue weighted by Crippen LogP contribution is -1.87. The summed E-state index contributed by atoms with van der Waals surface area (Å²) < 4.78 is 33.6. The molecule has 2 aromatic carbocycles. The maximum Gasteiger partial charge on any atom is 0.171 e. The average Bonchev–Trinajstić information content (AvgIpc) is 2.78. The van der Waals surface area contributed by atoms with Gasteiger partial charge in [0.1, 0.15) is 0 Å². The van der Waals surface area contributed by atoms with Crippen molar-refractivity contribution in [3.05, 3.63) is 59.7 Å². The van der Waals surface area contributed by atoms with Crippen LogP contribution in [0.2, 0.25) is 0 Å². The third-order valence-electron chi connectivity index (χ3n) is 3.33. The standard InChI is InChI=1S/C16H12F2O/c1-3-4-10-6-8-12-11-7-5-9(2)13(17)15(11)19-16(12)14(10)18/h3,5-8H,1,4H2,2H3. The number of hydrogen-bond acceptors (Lipinski definition) is 1. The number of benzene rings is 2. The number of rotatable bonds is 2. The molecule has 0 aliphatic rings. The molecule has 0 aliphatic heterocycles. The van der Waals surface area contributed by atoms with Gasteiger partial charge in [-0.2, -0.15) is 0 Å². The molecule has 0 bridgehead atoms. The van der Waals surface area contributed by atoms with Gasteiger partial charge in [-0.05, 0) is 30.5 Å². The highest BCUT2D eigenvalue weighted by molar-refractivity contribution is 6.05. The van der Waals surface area contributed by atoms with Crippen LogP contribution in [-0.4, -0.2) is 0 Å². The second kappa shape index (κ2) is 4.19. The van der Waals surface area contributed by atoms with Gasteiger partial charge in [-0.25, -0.2) is 8.78 Å². The normalized spacial score (nSPS) is 11.3. The van der Waals surface area contributed by atoms with E-state index in [1.807, 2.05) is 0 Å². The predicted molar refractivity (Wildman–Crippen MR) is 72.3 cm³/mol. The molecule has 1 heterocycles. The second-order valence-electron chi connectivity index (χ2n) is 4.58. The van der Waals surface area contributed by atoms with Crippen molar-refractivity contribution >= 4 is 21.9 Å². The molecule has 0 N–H and O–H groups in total. The van der Waals surface area contributed by atoms with Crippen LogP contribution in [0, 0.1) is 18.6 Å². The van der Waals surface area contributed by atoms with Gasteiger partial charge in [-0.15, -0.1) is 6.58 Å². The molecule has 0 saturated heterocycles. The first kappa shape index (κ1) is 11.9. The highest BCUT2D eigenvalue weighted by atomic mass is 19.1. The van der Waals surface area contributed by atoms with Crippen LogP contribution >= 0.6 is 0 Å². The third-order valence-corrected chi connectivity index (χ3v) is 3.33. The Hall–Kier alpha value is -2.16. The summed E-state index contributed by atoms with van der Waals surface area (Å²) >= 11 is 0. The van der Waals surface area contributed by atoms with Gasteiger partial charge in [0, 0.05) is 10.8 Å². The van der Waals surface area contributed by atoms with Crippen LogP contribution in [0.5, 0.6) is 0 Å². The van der Waals surface area contributed by atoms with Gasteiger partial charge in [0.2, 0.25) is 0 Å². The van der Waals surface area contributed by atoms with E-state index in [2.05, 4.69) is 6.58 Å². The Balaban J connectivity index is 2.42. The number of hydrogen-bond donors (Lipinski definition) is 0. The zero-order valence-corrected chi connectivity index (χ0v) is 10.5. The monoisotopic (exact) mass is 258 g/mol. The Labute approximate surface area is 109 Å². The minimum atomic E-state index is -0.439. The van der Waals surface area contributed by atoms with E-state index in [9.17, 15) is 8.78 Å². The molecule has 0 atom stereocenters. The highest BCUT2D eigenvalue weighted by Crippen LogP contribution is 2.34. The maximum absolute atomic E-state index is 14.3. The third kappa shape index (κ3) is 1.65. The Morgan fingerprint density at radius 2 is 1.68 bits per heavy atom. The smallest absolute Gasteiger partial charge is 0.171 e. The molecule has 3 heteroatoms. The van der Waals surface area contributed by atoms with Crippen molar-refractivity contribution in [1.29, 1.82) is 0 Å². The van der Waals surface area contributed by atoms with E-state index < -0.39 is 11.6 Å². The van der Waals surface area contributed by atoms with Crippen LogP contribution in [0.25, 0.3) is 21.9 Å². The quantitative estimate of drug-likeness (QED) is 0.596. The minimum Gasteiger partial charge on any atom is -0.450 e. The van der Waals surface area contributed by atoms with Gasteiger partial charge < -0.3 is 4.42 Å². The molecular formula is C16H12F2O. The summed E-state index contributed by atoms with van der Waals surface area (Å²) in [5.74, 6) is -0.871. The summed E-state index contributed by atoms with van der Waals surface area (Å²) in [6.45, 7) is 5.24. The Bertz CT molecular complexity index is 799. The van der Waals surface area contributed by atoms with Gasteiger partial charge >= 0.3 is 0 Å². The molecule has 19 heavy (non-hydrogen) atoms. The highest BCUT2D eigenvalue weighted by Gasteiger charge is 2.17. The SMILES string of the molecule is C=CCc1ccc2c(oc3c(F)c(C)ccc32)c1F. The molecule has 1 aromatic heterocycles. The van der Waals surface area contributed by atoms with E-state index in [0.717, 1.165) is 0 Å². The maximum atomic E-state index is 14.3. The lowest BCUT2D eigenvalue weighted by molar-refractivity contribution is 0.550. The fourth-order valence-electron chi connectivity index (χ4n) is 2.29. The molecule has 3 rings (SSSR count). The van der Waals surface area contributed by atoms with Crippen LogP contribution in [0.3, 0.4) is 0 Å². The van der Waals surface area contributed by atoms with E-state index in [-0.39, 0.29) is 11.2 Å². The van der Waals surface area contributed by atoms with Crippen molar-refractivity contribution in [3.63, 3.8) is 0 Å². The average molecular weight is 258 g/mol. The van der Waals surface area contributed by atoms with Crippen molar-refractivity contribution in [2.45, 2.75) is 13.3 Å². The van der Waals surface area contributed by atoms with Gasteiger partial charge in [0.25, 0.3) is 0 Å². The molecule has 0 radical (unpaired) electrons. The fourth-order valence-corrected chi connectivity index (χ4v) is 2.29. The predicted octanol–water partition coefficient (Wildman–Crippen LogP) is 4.90. The fraction of sp³-hybridized carbons (Fsp3) is 0.125. The molecule has 0 unspecified atom stereocenters. The lowest BCUT2D eigenvalue weighted by Gasteiger charge is -1.99. The minimum absolute atomic E-state index is 0.110. The first-order valence-electron chi connectivity index (χ1n) is 6.03. The summed E-state index contributed by atoms with van der Waals surface area (Å²) in [6, 6.07) is 6.87. The Morgan fingerprint density at radius 3 is 2.37 bits per heavy atom. The molecule has 0 spiro atoms. The lowest BCUT2D eigenvalue weighted by atomic mass is 10.1. The number of allylic oxidation sites excluding steroid dienone is 1. The van der Waals surface area contributed by atoms with Crippen molar-refractivity contribution in [2.75, 3.05) is 0 Å². The van der Waals surface area contributed by atoms with Gasteiger partial charge in [0.15, 0.2) is 22.8 Å². The summed E-state index contributed by atoms with van der Waals surface area (Å²) in [5, 5.41) is 1.20. The molecule has 0 fully saturated rings. The van der Waals surface area contributed by atoms with Crippen LogP contribution in [0.15, 0.2) is 41.3 Å². The van der Waals surface area contributed by atoms with Crippen LogP contribution in [0.1, 0.15) is 11.1 Å². The van der Waals surface area contributed by atoms with E-state index >= 15 is 0 Å². The van der Waals surface area contributed by atoms with Crippen molar-refractivity contribution in [3.8, 4) is 0 Å². The Kier molecular flexibility index (Phi) is 2.63. The first-order chi connectivity index (χ1) is 9.13. The molecule has 1 nitrogen and oxygen atoms in total. The molecule has 0 aliphatic carbocycles. The van der Waals surface area contributed by atoms with Gasteiger partial charge in [-0.3, -0.25) is 0 Å². The van der Waals surface area contributed by atoms with Gasteiger partial charge in [-0.1, -0.05) is 24.3 Å². The summed E-state index contributed by atoms with van der Waals surface area (Å²) in [7, 11) is 0. The molecule has 3 aromatic rings. The molecule has 0 saturated carbocycles. The van der Waals surface area contributed by atoms with E-state index in [0.29, 0.717) is 28.3 Å². The van der Waals surface area contributed by atoms with E-state index in [1.165, 1.54) is 0 Å². The zero-order chi connectivity index (χ0) is 13.6. The number of aryl methyl sites for hydroxylation is 1. The van der Waals surface area contributed by atoms with Crippen LogP contribution in [-0.2, 0) is 6.42 Å². The zero-order valence-electron chi connectivity index (χ0n) is 10.5. The number of fused-ring (bicyclic) bond motifs is 3. The topological polar surface area (TPSA) is 13.1 Å². The van der Waals surface area contributed by atoms with Crippen LogP contribution in [0.4, 0.5) is 8.78 Å². The molecular weight excluding hydrogens is 246 g/mol. The summed E-state index contributed by atoms with van der Waals surface area (Å²) in [4.78, 5) is 0. The van der Waals surface area contributed by atoms with E-state index in [1.54, 1.807) is 37.3 Å². The molecule has 0 amide bonds. The summed E-state index contributed by atoms with van der Waals surface area (Å²) in [5.41, 5.74) is 1.21. The number of halogens is 2. The second-order valence-corrected chi connectivity index (χ2v) is 4.58. The number of furan rings is 1. The first-order valence-corrected chi connectivity index (χ1v) is 6.03. The largest absolute Gasteiger partial charge is 0.450 e. The van der Waals surface area contributed by atoms with E-state index in [4.69, 9.17) is 4.42 Å². The van der Waals surface area contributed by atoms with Crippen molar-refractivity contribution in [1.82, 2.24) is 0 Å². The van der Waals surface area contributed by atoms with Crippen molar-refractivity contribution < 1.29 is 13.2 Å². The summed E-state index contributed by atoms with van der Waals surface area (Å²) in [6.07, 6.45) is 2.04.